The molecule has 2 rings (SSSR count). The summed E-state index contributed by atoms with van der Waals surface area (Å²) in [5.74, 6) is 0.299. The number of hydrogen-bond donors (Lipinski definition) is 1. The summed E-state index contributed by atoms with van der Waals surface area (Å²) in [7, 11) is 0. The van der Waals surface area contributed by atoms with Gasteiger partial charge in [-0.15, -0.1) is 0 Å². The first-order chi connectivity index (χ1) is 9.04. The number of anilines is 1. The fraction of sp³-hybridized carbons (Fsp3) is 0.0769. The molecular weight excluding hydrogens is 305 g/mol. The second kappa shape index (κ2) is 5.66. The van der Waals surface area contributed by atoms with Gasteiger partial charge in [-0.05, 0) is 18.2 Å². The van der Waals surface area contributed by atoms with Crippen molar-refractivity contribution in [2.24, 2.45) is 0 Å². The van der Waals surface area contributed by atoms with Gasteiger partial charge in [0, 0.05) is 11.1 Å². The van der Waals surface area contributed by atoms with Crippen molar-refractivity contribution in [1.82, 2.24) is 4.98 Å². The highest BCUT2D eigenvalue weighted by Crippen LogP contribution is 2.39. The maximum Gasteiger partial charge on any atom is 0.131 e. The molecule has 1 aromatic heterocycles. The lowest BCUT2D eigenvalue weighted by atomic mass is 10.1. The van der Waals surface area contributed by atoms with Gasteiger partial charge in [0.25, 0.3) is 0 Å². The molecule has 1 heterocycles. The highest BCUT2D eigenvalue weighted by Gasteiger charge is 2.13. The van der Waals surface area contributed by atoms with Gasteiger partial charge in [0.05, 0.1) is 33.3 Å². The van der Waals surface area contributed by atoms with Gasteiger partial charge < -0.3 is 5.73 Å². The summed E-state index contributed by atoms with van der Waals surface area (Å²) in [4.78, 5) is 4.15. The number of aromatic nitrogens is 1. The number of hydrogen-bond acceptors (Lipinski definition) is 3. The third-order valence-electron chi connectivity index (χ3n) is 2.57. The predicted octanol–water partition coefficient (Wildman–Crippen LogP) is 4.36. The van der Waals surface area contributed by atoms with Gasteiger partial charge in [-0.1, -0.05) is 40.9 Å². The van der Waals surface area contributed by atoms with E-state index in [9.17, 15) is 0 Å². The van der Waals surface area contributed by atoms with Crippen LogP contribution in [0.3, 0.4) is 0 Å². The standard InChI is InChI=1S/C13H8Cl3N3/c14-10-4-3-8(11(15)12(10)16)9-2-1-7(5-6-17)19-13(9)18/h1-4H,5H2,(H2,18,19). The van der Waals surface area contributed by atoms with Crippen molar-refractivity contribution in [2.75, 3.05) is 5.73 Å². The first-order valence-corrected chi connectivity index (χ1v) is 6.44. The first kappa shape index (κ1) is 14.0. The molecule has 6 heteroatoms. The van der Waals surface area contributed by atoms with Crippen LogP contribution >= 0.6 is 34.8 Å². The summed E-state index contributed by atoms with van der Waals surface area (Å²) in [6, 6.07) is 8.89. The third kappa shape index (κ3) is 2.76. The number of nitrogens with two attached hydrogens (primary N) is 1. The minimum atomic E-state index is 0.208. The summed E-state index contributed by atoms with van der Waals surface area (Å²) < 4.78 is 0. The summed E-state index contributed by atoms with van der Waals surface area (Å²) in [5, 5.41) is 9.61. The number of nitrogens with zero attached hydrogens (tertiary/aromatic N) is 2. The van der Waals surface area contributed by atoms with Crippen LogP contribution in [-0.2, 0) is 6.42 Å². The Balaban J connectivity index is 2.54. The van der Waals surface area contributed by atoms with Gasteiger partial charge in [0.15, 0.2) is 0 Å². The molecule has 19 heavy (non-hydrogen) atoms. The van der Waals surface area contributed by atoms with E-state index in [0.29, 0.717) is 32.7 Å². The molecule has 0 saturated carbocycles. The number of benzene rings is 1. The molecule has 0 atom stereocenters. The molecular formula is C13H8Cl3N3. The van der Waals surface area contributed by atoms with Crippen LogP contribution in [0.1, 0.15) is 5.69 Å². The van der Waals surface area contributed by atoms with Gasteiger partial charge in [0.1, 0.15) is 5.82 Å². The Morgan fingerprint density at radius 1 is 1.05 bits per heavy atom. The predicted molar refractivity (Wildman–Crippen MR) is 78.4 cm³/mol. The van der Waals surface area contributed by atoms with Crippen LogP contribution in [0.25, 0.3) is 11.1 Å². The fourth-order valence-corrected chi connectivity index (χ4v) is 2.30. The monoisotopic (exact) mass is 311 g/mol. The Morgan fingerprint density at radius 3 is 2.37 bits per heavy atom. The van der Waals surface area contributed by atoms with E-state index < -0.39 is 0 Å². The van der Waals surface area contributed by atoms with Gasteiger partial charge in [0.2, 0.25) is 0 Å². The Labute approximate surface area is 125 Å². The minimum Gasteiger partial charge on any atom is -0.383 e. The number of rotatable bonds is 2. The van der Waals surface area contributed by atoms with Crippen molar-refractivity contribution in [3.63, 3.8) is 0 Å². The molecule has 0 aliphatic carbocycles. The van der Waals surface area contributed by atoms with Gasteiger partial charge in [-0.25, -0.2) is 4.98 Å². The fourth-order valence-electron chi connectivity index (χ4n) is 1.66. The summed E-state index contributed by atoms with van der Waals surface area (Å²) >= 11 is 18.0. The Bertz CT molecular complexity index is 678. The number of halogens is 3. The van der Waals surface area contributed by atoms with Crippen LogP contribution in [0.15, 0.2) is 24.3 Å². The van der Waals surface area contributed by atoms with E-state index in [0.717, 1.165) is 0 Å². The molecule has 0 spiro atoms. The zero-order chi connectivity index (χ0) is 14.0. The van der Waals surface area contributed by atoms with E-state index >= 15 is 0 Å². The van der Waals surface area contributed by atoms with Crippen LogP contribution in [-0.4, -0.2) is 4.98 Å². The Kier molecular flexibility index (Phi) is 4.16. The zero-order valence-electron chi connectivity index (χ0n) is 9.62. The van der Waals surface area contributed by atoms with E-state index in [1.165, 1.54) is 0 Å². The van der Waals surface area contributed by atoms with Crippen LogP contribution in [0, 0.1) is 11.3 Å². The van der Waals surface area contributed by atoms with Crippen molar-refractivity contribution < 1.29 is 0 Å². The number of nitriles is 1. The Morgan fingerprint density at radius 2 is 1.74 bits per heavy atom. The van der Waals surface area contributed by atoms with Gasteiger partial charge >= 0.3 is 0 Å². The van der Waals surface area contributed by atoms with Crippen LogP contribution in [0.4, 0.5) is 5.82 Å². The lowest BCUT2D eigenvalue weighted by Crippen LogP contribution is -1.98. The van der Waals surface area contributed by atoms with Crippen molar-refractivity contribution in [1.29, 1.82) is 5.26 Å². The van der Waals surface area contributed by atoms with Crippen LogP contribution in [0.5, 0.6) is 0 Å². The topological polar surface area (TPSA) is 62.7 Å². The Hall–Kier alpha value is -1.47. The van der Waals surface area contributed by atoms with E-state index in [4.69, 9.17) is 45.8 Å². The molecule has 0 bridgehead atoms. The smallest absolute Gasteiger partial charge is 0.131 e. The summed E-state index contributed by atoms with van der Waals surface area (Å²) in [6.07, 6.45) is 0.208. The summed E-state index contributed by atoms with van der Waals surface area (Å²) in [5.41, 5.74) is 7.81. The van der Waals surface area contributed by atoms with Gasteiger partial charge in [-0.2, -0.15) is 5.26 Å². The van der Waals surface area contributed by atoms with E-state index in [2.05, 4.69) is 4.98 Å². The minimum absolute atomic E-state index is 0.208. The molecule has 1 aromatic carbocycles. The highest BCUT2D eigenvalue weighted by atomic mass is 35.5. The van der Waals surface area contributed by atoms with E-state index in [1.54, 1.807) is 24.3 Å². The molecule has 2 aromatic rings. The van der Waals surface area contributed by atoms with Crippen LogP contribution in [0.2, 0.25) is 15.1 Å². The first-order valence-electron chi connectivity index (χ1n) is 5.30. The van der Waals surface area contributed by atoms with E-state index in [1.807, 2.05) is 6.07 Å². The molecule has 96 valence electrons. The molecule has 0 aliphatic heterocycles. The largest absolute Gasteiger partial charge is 0.383 e. The number of nitrogen functional groups attached to an aromatic ring is 1. The quantitative estimate of drug-likeness (QED) is 0.838. The second-order valence-corrected chi connectivity index (χ2v) is 4.96. The maximum absolute atomic E-state index is 8.62. The van der Waals surface area contributed by atoms with Crippen molar-refractivity contribution in [3.8, 4) is 17.2 Å². The molecule has 0 amide bonds. The van der Waals surface area contributed by atoms with E-state index in [-0.39, 0.29) is 11.4 Å². The molecule has 0 radical (unpaired) electrons. The van der Waals surface area contributed by atoms with Gasteiger partial charge in [-0.3, -0.25) is 0 Å². The molecule has 2 N–H and O–H groups in total. The maximum atomic E-state index is 8.62. The second-order valence-electron chi connectivity index (χ2n) is 3.79. The average Bonchev–Trinajstić information content (AvgIpc) is 2.38. The zero-order valence-corrected chi connectivity index (χ0v) is 11.9. The molecule has 0 saturated heterocycles. The normalized spacial score (nSPS) is 10.2. The lowest BCUT2D eigenvalue weighted by Gasteiger charge is -2.10. The average molecular weight is 313 g/mol. The SMILES string of the molecule is N#CCc1ccc(-c2ccc(Cl)c(Cl)c2Cl)c(N)n1. The highest BCUT2D eigenvalue weighted by molar-refractivity contribution is 6.49. The van der Waals surface area contributed by atoms with Crippen molar-refractivity contribution in [2.45, 2.75) is 6.42 Å². The lowest BCUT2D eigenvalue weighted by molar-refractivity contribution is 1.12. The molecule has 0 aliphatic rings. The molecule has 0 unspecified atom stereocenters. The third-order valence-corrected chi connectivity index (χ3v) is 3.86. The van der Waals surface area contributed by atoms with Crippen LogP contribution < -0.4 is 5.73 Å². The molecule has 0 fully saturated rings. The number of pyridine rings is 1. The van der Waals surface area contributed by atoms with Crippen molar-refractivity contribution in [3.05, 3.63) is 45.0 Å². The molecule has 3 nitrogen and oxygen atoms in total. The van der Waals surface area contributed by atoms with Crippen molar-refractivity contribution >= 4 is 40.6 Å². The summed E-state index contributed by atoms with van der Waals surface area (Å²) in [6.45, 7) is 0.